The van der Waals surface area contributed by atoms with Crippen LogP contribution in [-0.2, 0) is 37.6 Å². The van der Waals surface area contributed by atoms with E-state index in [2.05, 4.69) is 68.0 Å². The average molecular weight is 905 g/mol. The Bertz CT molecular complexity index is 2310. The predicted molar refractivity (Wildman–Crippen MR) is 210 cm³/mol. The number of morpholine rings is 2. The largest absolute Gasteiger partial charge is 0.377 e. The quantitative estimate of drug-likeness (QED) is 0.134. The molecule has 0 radical (unpaired) electrons. The molecule has 2 aliphatic heterocycles. The molecule has 9 rings (SSSR count). The fraction of sp³-hybridized carbons (Fsp3) is 0.282. The van der Waals surface area contributed by atoms with E-state index >= 15 is 0 Å². The number of aromatic amines is 2. The van der Waals surface area contributed by atoms with Crippen molar-refractivity contribution in [2.75, 3.05) is 49.3 Å². The van der Waals surface area contributed by atoms with Crippen molar-refractivity contribution in [1.82, 2.24) is 39.7 Å². The first-order chi connectivity index (χ1) is 24.9. The minimum atomic E-state index is 0. The zero-order chi connectivity index (χ0) is 34.9. The van der Waals surface area contributed by atoms with Gasteiger partial charge in [-0.1, -0.05) is 35.9 Å². The van der Waals surface area contributed by atoms with E-state index in [1.807, 2.05) is 66.6 Å². The molecule has 2 N–H and O–H groups in total. The second-order valence-corrected chi connectivity index (χ2v) is 13.3. The fourth-order valence-corrected chi connectivity index (χ4v) is 7.01. The molecule has 7 heterocycles. The summed E-state index contributed by atoms with van der Waals surface area (Å²) in [6.07, 6.45) is 5.66. The van der Waals surface area contributed by atoms with Crippen molar-refractivity contribution in [3.8, 4) is 34.2 Å². The Morgan fingerprint density at radius 2 is 1.28 bits per heavy atom. The Labute approximate surface area is 329 Å². The number of ether oxygens (including phenoxy) is 2. The standard InChI is InChI=1S/C21H22N6O.C17H17ClN4O.CH3.W.H2/c1-14-13-28-11-10-27(14)20-12-18(19-7-9-23-26(19)2)24-21(25-20)16-4-3-5-17-15(16)6-8-22-17;1-11-10-23-8-7-22(11)16-9-15(18)20-17(21-16)13-3-2-4-14-12(13)5-6-19-14;;;/h3-9,12,14,22H,10-11,13H2,1-2H3;2-6,9,11,19H,7-8,10H2,1H3;1H3;;1H/q;;-1;;/t14-;11-;;;/m11.../s1/i;;;;1+1. The number of H-pyrrole nitrogens is 2. The number of benzene rings is 2. The second-order valence-electron chi connectivity index (χ2n) is 12.9. The first-order valence-electron chi connectivity index (χ1n) is 17.2. The van der Waals surface area contributed by atoms with Crippen LogP contribution in [0.1, 0.15) is 15.3 Å². The number of halogens is 1. The molecule has 2 aromatic carbocycles. The van der Waals surface area contributed by atoms with Gasteiger partial charge in [-0.25, -0.2) is 19.9 Å². The second kappa shape index (κ2) is 16.6. The number of fused-ring (bicyclic) bond motifs is 2. The van der Waals surface area contributed by atoms with E-state index in [4.69, 9.17) is 36.0 Å². The number of nitrogens with zero attached hydrogens (tertiary/aromatic N) is 8. The Hall–Kier alpha value is -4.61. The summed E-state index contributed by atoms with van der Waals surface area (Å²) in [6, 6.07) is 22.7. The molecule has 0 spiro atoms. The van der Waals surface area contributed by atoms with Gasteiger partial charge in [-0.3, -0.25) is 4.68 Å². The molecule has 2 saturated heterocycles. The van der Waals surface area contributed by atoms with Crippen LogP contribution in [-0.4, -0.2) is 91.3 Å². The van der Waals surface area contributed by atoms with Gasteiger partial charge in [0.05, 0.1) is 49.9 Å². The van der Waals surface area contributed by atoms with E-state index in [9.17, 15) is 0 Å². The van der Waals surface area contributed by atoms with Crippen LogP contribution in [0.2, 0.25) is 5.15 Å². The summed E-state index contributed by atoms with van der Waals surface area (Å²) >= 11 is 6.28. The van der Waals surface area contributed by atoms with Crippen LogP contribution in [0.25, 0.3) is 56.0 Å². The van der Waals surface area contributed by atoms with Gasteiger partial charge in [-0.05, 0) is 44.2 Å². The molecule has 0 amide bonds. The molecule has 14 heteroatoms. The van der Waals surface area contributed by atoms with Gasteiger partial charge < -0.3 is 36.7 Å². The van der Waals surface area contributed by atoms with Gasteiger partial charge in [-0.15, -0.1) is 0 Å². The summed E-state index contributed by atoms with van der Waals surface area (Å²) < 4.78 is 13.0. The van der Waals surface area contributed by atoms with Gasteiger partial charge in [0.1, 0.15) is 16.8 Å². The molecule has 0 unspecified atom stereocenters. The molecule has 2 aliphatic rings. The van der Waals surface area contributed by atoms with Crippen LogP contribution in [0, 0.1) is 7.43 Å². The summed E-state index contributed by atoms with van der Waals surface area (Å²) in [5.41, 5.74) is 5.97. The van der Waals surface area contributed by atoms with Gasteiger partial charge in [0.2, 0.25) is 0 Å². The Morgan fingerprint density at radius 1 is 0.736 bits per heavy atom. The molecule has 2 fully saturated rings. The summed E-state index contributed by atoms with van der Waals surface area (Å²) in [7, 11) is 1.93. The third-order valence-electron chi connectivity index (χ3n) is 9.47. The van der Waals surface area contributed by atoms with Gasteiger partial charge in [0, 0.05) is 106 Å². The molecule has 276 valence electrons. The number of aryl methyl sites for hydroxylation is 1. The molecule has 0 aliphatic carbocycles. The van der Waals surface area contributed by atoms with E-state index in [0.717, 1.165) is 74.9 Å². The molecule has 2 atom stereocenters. The van der Waals surface area contributed by atoms with E-state index in [-0.39, 0.29) is 42.0 Å². The number of nitrogens with one attached hydrogen (secondary N) is 2. The molecule has 0 saturated carbocycles. The summed E-state index contributed by atoms with van der Waals surface area (Å²) in [6.45, 7) is 8.73. The average Bonchev–Trinajstić information content (AvgIpc) is 3.93. The van der Waals surface area contributed by atoms with Crippen molar-refractivity contribution in [3.05, 3.63) is 97.9 Å². The maximum atomic E-state index is 6.28. The maximum Gasteiger partial charge on any atom is 0.163 e. The smallest absolute Gasteiger partial charge is 0.163 e. The van der Waals surface area contributed by atoms with Crippen molar-refractivity contribution in [1.29, 1.82) is 0 Å². The number of anilines is 2. The van der Waals surface area contributed by atoms with Gasteiger partial charge >= 0.3 is 0 Å². The van der Waals surface area contributed by atoms with Crippen LogP contribution in [0.15, 0.2) is 85.3 Å². The molecule has 5 aromatic heterocycles. The van der Waals surface area contributed by atoms with Crippen LogP contribution in [0.5, 0.6) is 0 Å². The van der Waals surface area contributed by atoms with Crippen molar-refractivity contribution in [3.63, 3.8) is 0 Å². The van der Waals surface area contributed by atoms with Gasteiger partial charge in [-0.2, -0.15) is 5.10 Å². The monoisotopic (exact) mass is 904 g/mol. The number of hydrogen-bond acceptors (Lipinski definition) is 9. The topological polar surface area (TPSA) is 126 Å². The summed E-state index contributed by atoms with van der Waals surface area (Å²) in [5, 5.41) is 6.98. The van der Waals surface area contributed by atoms with Crippen LogP contribution in [0.4, 0.5) is 11.6 Å². The first kappa shape index (κ1) is 38.1. The third kappa shape index (κ3) is 7.87. The molecule has 7 aromatic rings. The SMILES string of the molecule is C[C@@H]1COCCN1c1cc(-c2ccnn2C)nc(-c2cccc3[nH]ccc23)n1.C[C@@H]1COCCN1c1cc(Cl)nc(-c2cccc3[nH]ccc23)n1.[2HH].[CH3-].[W]. The van der Waals surface area contributed by atoms with Crippen molar-refractivity contribution >= 4 is 45.0 Å². The predicted octanol–water partition coefficient (Wildman–Crippen LogP) is 7.45. The van der Waals surface area contributed by atoms with Gasteiger partial charge in [0.15, 0.2) is 11.6 Å². The molecule has 12 nitrogen and oxygen atoms in total. The molecular formula is C39H44ClN10O2W-. The first-order valence-corrected chi connectivity index (χ1v) is 17.5. The van der Waals surface area contributed by atoms with E-state index in [1.165, 1.54) is 0 Å². The minimum Gasteiger partial charge on any atom is -0.377 e. The van der Waals surface area contributed by atoms with Crippen LogP contribution in [0.3, 0.4) is 0 Å². The van der Waals surface area contributed by atoms with E-state index in [0.29, 0.717) is 37.4 Å². The fourth-order valence-electron chi connectivity index (χ4n) is 6.83. The zero-order valence-corrected chi connectivity index (χ0v) is 33.9. The van der Waals surface area contributed by atoms with Crippen molar-refractivity contribution in [2.45, 2.75) is 25.9 Å². The summed E-state index contributed by atoms with van der Waals surface area (Å²) in [5.74, 6) is 3.14. The number of hydrogen-bond donors (Lipinski definition) is 2. The zero-order valence-electron chi connectivity index (χ0n) is 30.2. The Morgan fingerprint density at radius 3 is 1.81 bits per heavy atom. The maximum absolute atomic E-state index is 6.28. The van der Waals surface area contributed by atoms with Crippen molar-refractivity contribution < 1.29 is 32.0 Å². The number of aromatic nitrogens is 8. The minimum absolute atomic E-state index is 0. The van der Waals surface area contributed by atoms with E-state index < -0.39 is 0 Å². The molecule has 0 bridgehead atoms. The summed E-state index contributed by atoms with van der Waals surface area (Å²) in [4.78, 5) is 30.1. The van der Waals surface area contributed by atoms with Crippen LogP contribution >= 0.6 is 11.6 Å². The van der Waals surface area contributed by atoms with Crippen LogP contribution < -0.4 is 9.80 Å². The Kier molecular flexibility index (Phi) is 11.9. The molecular weight excluding hydrogens is 860 g/mol. The van der Waals surface area contributed by atoms with E-state index in [1.54, 1.807) is 6.20 Å². The van der Waals surface area contributed by atoms with Gasteiger partial charge in [0.25, 0.3) is 0 Å². The third-order valence-corrected chi connectivity index (χ3v) is 9.67. The normalized spacial score (nSPS) is 17.2. The Balaban J connectivity index is 0.000000200. The van der Waals surface area contributed by atoms with Crippen molar-refractivity contribution in [2.24, 2.45) is 7.05 Å². The number of rotatable bonds is 5. The molecule has 53 heavy (non-hydrogen) atoms.